The van der Waals surface area contributed by atoms with Gasteiger partial charge in [0.25, 0.3) is 0 Å². The lowest BCUT2D eigenvalue weighted by molar-refractivity contribution is -0.136. The number of thiol groups is 1. The van der Waals surface area contributed by atoms with Gasteiger partial charge in [-0.05, 0) is 164 Å². The number of halogens is 3. The van der Waals surface area contributed by atoms with Gasteiger partial charge in [-0.25, -0.2) is 14.4 Å². The number of aliphatic hydroxyl groups is 2. The Morgan fingerprint density at radius 3 is 1.69 bits per heavy atom. The fourth-order valence-electron chi connectivity index (χ4n) is 8.02. The van der Waals surface area contributed by atoms with Crippen molar-refractivity contribution >= 4 is 163 Å². The number of carbonyl (C=O) groups is 7. The van der Waals surface area contributed by atoms with E-state index < -0.39 is 18.5 Å². The van der Waals surface area contributed by atoms with Crippen molar-refractivity contribution in [1.82, 2.24) is 0 Å². The Kier molecular flexibility index (Phi) is 37.5. The number of nitrogen functional groups attached to an aromatic ring is 1. The van der Waals surface area contributed by atoms with Crippen molar-refractivity contribution in [2.45, 2.75) is 60.8 Å². The number of aliphatic hydroxyl groups excluding tert-OH is 2. The molecule has 0 bridgehead atoms. The van der Waals surface area contributed by atoms with E-state index in [9.17, 15) is 33.6 Å². The highest BCUT2D eigenvalue weighted by molar-refractivity contribution is 14.1. The first-order chi connectivity index (χ1) is 45.8. The van der Waals surface area contributed by atoms with Crippen LogP contribution in [0, 0.1) is 7.14 Å². The van der Waals surface area contributed by atoms with Crippen molar-refractivity contribution in [2.24, 2.45) is 0 Å². The van der Waals surface area contributed by atoms with E-state index in [1.54, 1.807) is 102 Å². The predicted octanol–water partition coefficient (Wildman–Crippen LogP) is 14.3. The van der Waals surface area contributed by atoms with Gasteiger partial charge in [-0.1, -0.05) is 80.5 Å². The zero-order valence-corrected chi connectivity index (χ0v) is 62.5. The van der Waals surface area contributed by atoms with Gasteiger partial charge in [0.05, 0.1) is 84.1 Å². The maximum absolute atomic E-state index is 11.3. The van der Waals surface area contributed by atoms with Crippen molar-refractivity contribution in [3.8, 4) is 28.7 Å². The van der Waals surface area contributed by atoms with Gasteiger partial charge in [-0.15, -0.1) is 35.3 Å². The SMILES string of the molecule is CC(=O)SCCOc1cc(C(=O)CO)ccc1I.CC(C)(C)c1ccc(N)cc1Cl.COC(=O)c1ccc(I)c(OCCS)c1.COC(=O)c1ccc2c(c1)OCCS2.O=C(O)Cc1ccccc1C(=O)O.O=Cc1ccc2c(c1)OCCS2.OCc1ccc2c(c1)OCCS2. The zero-order chi connectivity index (χ0) is 70.7. The summed E-state index contributed by atoms with van der Waals surface area (Å²) in [5.74, 6) is 4.85. The minimum absolute atomic E-state index is 0.0462. The third-order valence-corrected chi connectivity index (χ3v) is 18.7. The van der Waals surface area contributed by atoms with Crippen LogP contribution in [0.4, 0.5) is 5.69 Å². The molecule has 6 N–H and O–H groups in total. The van der Waals surface area contributed by atoms with Crippen LogP contribution < -0.4 is 29.4 Å². The van der Waals surface area contributed by atoms with Crippen LogP contribution in [0.1, 0.15) is 96.2 Å². The Bertz CT molecular complexity index is 3740. The number of rotatable bonds is 16. The highest BCUT2D eigenvalue weighted by atomic mass is 127. The number of fused-ring (bicyclic) bond motifs is 3. The van der Waals surface area contributed by atoms with Gasteiger partial charge < -0.3 is 59.3 Å². The van der Waals surface area contributed by atoms with Gasteiger partial charge in [0, 0.05) is 72.2 Å². The Balaban J connectivity index is 0.000000239. The lowest BCUT2D eigenvalue weighted by Crippen LogP contribution is -2.11. The summed E-state index contributed by atoms with van der Waals surface area (Å²) in [5.41, 5.74) is 10.9. The van der Waals surface area contributed by atoms with Gasteiger partial charge in [-0.2, -0.15) is 12.6 Å². The van der Waals surface area contributed by atoms with Crippen molar-refractivity contribution in [1.29, 1.82) is 0 Å². The number of benzene rings is 7. The van der Waals surface area contributed by atoms with Crippen molar-refractivity contribution in [3.63, 3.8) is 0 Å². The number of thioether (sulfide) groups is 4. The molecule has 0 amide bonds. The predicted molar refractivity (Wildman–Crippen MR) is 399 cm³/mol. The molecule has 0 fully saturated rings. The molecule has 10 rings (SSSR count). The number of methoxy groups -OCH3 is 2. The van der Waals surface area contributed by atoms with Gasteiger partial charge >= 0.3 is 23.9 Å². The second kappa shape index (κ2) is 43.8. The van der Waals surface area contributed by atoms with Crippen LogP contribution in [0.3, 0.4) is 0 Å². The monoisotopic (exact) mass is 1650 g/mol. The topological polar surface area (TPSA) is 291 Å². The van der Waals surface area contributed by atoms with E-state index in [1.165, 1.54) is 49.9 Å². The summed E-state index contributed by atoms with van der Waals surface area (Å²) in [6, 6.07) is 38.7. The molecule has 7 aromatic rings. The summed E-state index contributed by atoms with van der Waals surface area (Å²) >= 11 is 20.8. The molecule has 0 saturated carbocycles. The smallest absolute Gasteiger partial charge is 0.337 e. The number of hydrogen-bond acceptors (Lipinski definition) is 22. The molecule has 0 saturated heterocycles. The van der Waals surface area contributed by atoms with Crippen molar-refractivity contribution in [2.75, 3.05) is 88.4 Å². The molecular weight excluding hydrogens is 1580 g/mol. The van der Waals surface area contributed by atoms with E-state index in [0.29, 0.717) is 76.3 Å². The van der Waals surface area contributed by atoms with E-state index in [-0.39, 0.29) is 46.8 Å². The van der Waals surface area contributed by atoms with Crippen molar-refractivity contribution in [3.05, 3.63) is 190 Å². The summed E-state index contributed by atoms with van der Waals surface area (Å²) in [4.78, 5) is 79.3. The molecule has 3 aliphatic heterocycles. The van der Waals surface area contributed by atoms with E-state index in [4.69, 9.17) is 61.4 Å². The molecule has 27 heteroatoms. The number of esters is 2. The normalized spacial score (nSPS) is 12.0. The van der Waals surface area contributed by atoms with Crippen LogP contribution in [0.5, 0.6) is 28.7 Å². The molecule has 3 heterocycles. The molecule has 0 radical (unpaired) electrons. The number of anilines is 1. The molecule has 0 spiro atoms. The van der Waals surface area contributed by atoms with Gasteiger partial charge in [0.15, 0.2) is 10.9 Å². The third-order valence-electron chi connectivity index (χ3n) is 12.6. The second-order valence-electron chi connectivity index (χ2n) is 20.7. The molecule has 0 aliphatic carbocycles. The van der Waals surface area contributed by atoms with Crippen LogP contribution in [-0.2, 0) is 37.5 Å². The van der Waals surface area contributed by atoms with Gasteiger partial charge in [0.2, 0.25) is 0 Å². The third kappa shape index (κ3) is 29.0. The van der Waals surface area contributed by atoms with Crippen LogP contribution in [-0.4, -0.2) is 144 Å². The Labute approximate surface area is 613 Å². The minimum atomic E-state index is -1.10. The Hall–Kier alpha value is -6.35. The summed E-state index contributed by atoms with van der Waals surface area (Å²) in [7, 11) is 2.73. The number of ether oxygens (including phenoxy) is 7. The molecule has 96 heavy (non-hydrogen) atoms. The summed E-state index contributed by atoms with van der Waals surface area (Å²) in [6.07, 6.45) is 0.575. The maximum Gasteiger partial charge on any atom is 0.337 e. The molecule has 0 unspecified atom stereocenters. The molecule has 514 valence electrons. The number of ketones is 1. The number of carboxylic acids is 2. The maximum atomic E-state index is 11.3. The fraction of sp³-hybridized carbons (Fsp3) is 0.290. The standard InChI is InChI=1S/C12H13IO4S.C10H14ClN.C10H11IO3S.C10H10O3S.C9H8O4.C9H10O2S.C9H8O2S/c1-8(15)18-5-4-17-12-6-9(11(16)7-14)2-3-10(12)13;1-10(2,3)8-5-4-7(12)6-9(8)11;1-13-10(12)7-2-3-8(11)9(6-7)14-4-5-15;1-12-10(11)7-2-3-9-8(6-7)13-4-5-14-9;10-8(11)5-6-3-1-2-4-7(6)9(12)13;2*10-6-7-1-2-9-8(5-7)11-3-4-12-9/h2-3,6,14H,4-5,7H2,1H3;4-6H,12H2,1-3H3;2-3,6,15H,4-5H2,1H3;2-3,6H,4-5H2,1H3;1-4H,5H2,(H,10,11)(H,12,13);1-2,5,10H,3-4,6H2;1-2,5-6H,3-4H2. The lowest BCUT2D eigenvalue weighted by Gasteiger charge is -2.20. The summed E-state index contributed by atoms with van der Waals surface area (Å²) < 4.78 is 38.3. The number of nitrogens with two attached hydrogens (primary N) is 1. The quantitative estimate of drug-likeness (QED) is 0.00996. The molecule has 0 atom stereocenters. The summed E-state index contributed by atoms with van der Waals surface area (Å²) in [6.45, 7) is 10.6. The van der Waals surface area contributed by atoms with Crippen LogP contribution in [0.25, 0.3) is 0 Å². The second-order valence-corrected chi connectivity index (χ2v) is 28.5. The first-order valence-corrected chi connectivity index (χ1v) is 36.2. The number of carboxylic acid groups (broad SMARTS) is 2. The number of aliphatic carboxylic acids is 1. The van der Waals surface area contributed by atoms with Crippen LogP contribution in [0.2, 0.25) is 5.02 Å². The molecule has 3 aliphatic rings. The van der Waals surface area contributed by atoms with Gasteiger partial charge in [-0.3, -0.25) is 19.2 Å². The minimum Gasteiger partial charge on any atom is -0.492 e. The average Bonchev–Trinajstić information content (AvgIpc) is 1.08. The first kappa shape index (κ1) is 82.1. The number of aldehydes is 1. The number of carbonyl (C=O) groups excluding carboxylic acids is 5. The highest BCUT2D eigenvalue weighted by Crippen LogP contribution is 2.36. The van der Waals surface area contributed by atoms with Crippen molar-refractivity contribution < 1.29 is 87.1 Å². The summed E-state index contributed by atoms with van der Waals surface area (Å²) in [5, 5.41) is 35.6. The molecule has 0 aromatic heterocycles. The number of Topliss-reactive ketones (excluding diaryl/α,β-unsaturated/α-hetero) is 1. The van der Waals surface area contributed by atoms with E-state index in [0.717, 1.165) is 87.1 Å². The lowest BCUT2D eigenvalue weighted by atomic mass is 9.87. The fourth-order valence-corrected chi connectivity index (χ4v) is 12.5. The highest BCUT2D eigenvalue weighted by Gasteiger charge is 2.19. The van der Waals surface area contributed by atoms with E-state index >= 15 is 0 Å². The van der Waals surface area contributed by atoms with Crippen LogP contribution >= 0.6 is 116 Å². The largest absolute Gasteiger partial charge is 0.492 e. The molecule has 19 nitrogen and oxygen atoms in total. The average molecular weight is 1650 g/mol. The first-order valence-electron chi connectivity index (χ1n) is 29.1. The number of hydrogen-bond donors (Lipinski definition) is 6. The Morgan fingerprint density at radius 1 is 0.667 bits per heavy atom. The number of aromatic carboxylic acids is 1. The molecular formula is C69H74ClI2NO18S5. The van der Waals surface area contributed by atoms with Gasteiger partial charge in [0.1, 0.15) is 41.6 Å². The van der Waals surface area contributed by atoms with E-state index in [1.807, 2.05) is 54.6 Å². The zero-order valence-electron chi connectivity index (χ0n) is 53.3. The molecule has 7 aromatic carbocycles. The Morgan fingerprint density at radius 2 is 1.18 bits per heavy atom. The van der Waals surface area contributed by atoms with Crippen LogP contribution in [0.15, 0.2) is 148 Å². The van der Waals surface area contributed by atoms with E-state index in [2.05, 4.69) is 88.1 Å².